The number of ketones is 1. The van der Waals surface area contributed by atoms with Crippen molar-refractivity contribution in [3.05, 3.63) is 60.7 Å². The lowest BCUT2D eigenvalue weighted by molar-refractivity contribution is -0.146. The van der Waals surface area contributed by atoms with Gasteiger partial charge >= 0.3 is 12.1 Å². The first-order chi connectivity index (χ1) is 19.5. The monoisotopic (exact) mass is 597 g/mol. The third-order valence-corrected chi connectivity index (χ3v) is 12.3. The fourth-order valence-electron chi connectivity index (χ4n) is 5.74. The molecule has 2 aromatic carbocycles. The molecule has 9 heteroatoms. The predicted octanol–water partition coefficient (Wildman–Crippen LogP) is 5.22. The first-order valence-electron chi connectivity index (χ1n) is 14.6. The Morgan fingerprint density at radius 2 is 1.43 bits per heavy atom. The summed E-state index contributed by atoms with van der Waals surface area (Å²) in [4.78, 5) is 40.3. The fraction of sp³-hybridized carbons (Fsp3) is 0.545. The zero-order chi connectivity index (χ0) is 31.3. The van der Waals surface area contributed by atoms with Crippen LogP contribution in [0.5, 0.6) is 0 Å². The minimum atomic E-state index is -2.97. The van der Waals surface area contributed by atoms with E-state index in [0.717, 1.165) is 10.4 Å². The zero-order valence-electron chi connectivity index (χ0n) is 26.6. The van der Waals surface area contributed by atoms with Crippen molar-refractivity contribution in [3.8, 4) is 0 Å². The summed E-state index contributed by atoms with van der Waals surface area (Å²) in [7, 11) is -2.97. The molecule has 1 amide bonds. The molecule has 0 aromatic heterocycles. The van der Waals surface area contributed by atoms with Crippen LogP contribution in [0.4, 0.5) is 4.79 Å². The molecule has 0 radical (unpaired) electrons. The maximum Gasteiger partial charge on any atom is 0.412 e. The van der Waals surface area contributed by atoms with Crippen LogP contribution in [0.3, 0.4) is 0 Å². The van der Waals surface area contributed by atoms with Gasteiger partial charge in [-0.2, -0.15) is 0 Å². The lowest BCUT2D eigenvalue weighted by Crippen LogP contribution is -2.67. The number of amides is 1. The third kappa shape index (κ3) is 7.68. The predicted molar refractivity (Wildman–Crippen MR) is 165 cm³/mol. The summed E-state index contributed by atoms with van der Waals surface area (Å²) < 4.78 is 24.4. The first kappa shape index (κ1) is 33.5. The molecule has 0 N–H and O–H groups in total. The van der Waals surface area contributed by atoms with E-state index in [-0.39, 0.29) is 36.9 Å². The molecule has 8 nitrogen and oxygen atoms in total. The van der Waals surface area contributed by atoms with Crippen molar-refractivity contribution in [2.75, 3.05) is 13.2 Å². The Morgan fingerprint density at radius 1 is 0.905 bits per heavy atom. The summed E-state index contributed by atoms with van der Waals surface area (Å²) in [6.07, 6.45) is -1.70. The van der Waals surface area contributed by atoms with Gasteiger partial charge in [0.25, 0.3) is 8.32 Å². The Balaban J connectivity index is 2.07. The number of carbonyl (C=O) groups is 3. The molecule has 3 rings (SSSR count). The summed E-state index contributed by atoms with van der Waals surface area (Å²) in [5.41, 5.74) is -1.83. The smallest absolute Gasteiger partial charge is 0.412 e. The number of esters is 1. The molecule has 1 saturated heterocycles. The lowest BCUT2D eigenvalue weighted by atomic mass is 10.0. The van der Waals surface area contributed by atoms with Crippen LogP contribution in [0.25, 0.3) is 0 Å². The minimum absolute atomic E-state index is 0.0731. The maximum atomic E-state index is 13.7. The number of ether oxygens (including phenoxy) is 3. The van der Waals surface area contributed by atoms with Crippen LogP contribution >= 0.6 is 0 Å². The second-order valence-corrected chi connectivity index (χ2v) is 17.5. The van der Waals surface area contributed by atoms with Crippen molar-refractivity contribution in [1.82, 2.24) is 4.90 Å². The summed E-state index contributed by atoms with van der Waals surface area (Å²) in [5.74, 6) is -0.903. The van der Waals surface area contributed by atoms with Gasteiger partial charge in [-0.3, -0.25) is 14.5 Å². The zero-order valence-corrected chi connectivity index (χ0v) is 27.6. The molecule has 1 heterocycles. The van der Waals surface area contributed by atoms with E-state index in [1.54, 1.807) is 25.7 Å². The van der Waals surface area contributed by atoms with Gasteiger partial charge in [0.15, 0.2) is 0 Å². The number of rotatable bonds is 10. The maximum absolute atomic E-state index is 13.7. The van der Waals surface area contributed by atoms with E-state index in [9.17, 15) is 14.4 Å². The molecule has 1 aliphatic rings. The summed E-state index contributed by atoms with van der Waals surface area (Å²) in [6.45, 7) is 17.5. The number of benzene rings is 2. The Kier molecular flexibility index (Phi) is 10.4. The molecule has 42 heavy (non-hydrogen) atoms. The van der Waals surface area contributed by atoms with E-state index in [2.05, 4.69) is 45.0 Å². The summed E-state index contributed by atoms with van der Waals surface area (Å²) in [5, 5.41) is 1.90. The van der Waals surface area contributed by atoms with E-state index in [1.165, 1.54) is 0 Å². The van der Waals surface area contributed by atoms with Crippen LogP contribution < -0.4 is 10.4 Å². The number of nitrogens with zero attached hydrogens (tertiary/aromatic N) is 1. The van der Waals surface area contributed by atoms with Crippen molar-refractivity contribution in [2.24, 2.45) is 0 Å². The van der Waals surface area contributed by atoms with Crippen molar-refractivity contribution < 1.29 is 33.0 Å². The summed E-state index contributed by atoms with van der Waals surface area (Å²) >= 11 is 0. The van der Waals surface area contributed by atoms with E-state index in [4.69, 9.17) is 18.6 Å². The highest BCUT2D eigenvalue weighted by Gasteiger charge is 2.55. The van der Waals surface area contributed by atoms with Crippen LogP contribution in [0.1, 0.15) is 75.2 Å². The Labute approximate surface area is 251 Å². The van der Waals surface area contributed by atoms with Crippen molar-refractivity contribution in [1.29, 1.82) is 0 Å². The van der Waals surface area contributed by atoms with Crippen molar-refractivity contribution in [2.45, 2.75) is 104 Å². The van der Waals surface area contributed by atoms with Gasteiger partial charge in [-0.15, -0.1) is 0 Å². The third-order valence-electron chi connectivity index (χ3n) is 7.33. The van der Waals surface area contributed by atoms with Crippen LogP contribution in [0.15, 0.2) is 60.7 Å². The van der Waals surface area contributed by atoms with Crippen molar-refractivity contribution >= 4 is 36.5 Å². The molecular formula is C33H47NO7Si. The second kappa shape index (κ2) is 13.1. The van der Waals surface area contributed by atoms with Crippen LogP contribution in [0, 0.1) is 0 Å². The van der Waals surface area contributed by atoms with Crippen LogP contribution in [-0.2, 0) is 28.2 Å². The van der Waals surface area contributed by atoms with Gasteiger partial charge in [0.2, 0.25) is 0 Å². The molecule has 0 bridgehead atoms. The first-order valence-corrected chi connectivity index (χ1v) is 16.5. The van der Waals surface area contributed by atoms with E-state index < -0.39 is 43.9 Å². The Hall–Kier alpha value is -3.01. The summed E-state index contributed by atoms with van der Waals surface area (Å²) in [6, 6.07) is 19.8. The molecule has 1 fully saturated rings. The second-order valence-electron chi connectivity index (χ2n) is 13.2. The topological polar surface area (TPSA) is 91.4 Å². The standard InChI is InChI=1S/C33H47NO7Si/c1-10-38-29(36)22-24(35)21-28-27(34(33(8,9)40-28)30(37)41-31(2,3)4)23-39-42(32(5,6)7,25-17-13-11-14-18-25)26-19-15-12-16-20-26/h11-20,27-28H,10,21-23H2,1-9H3/t27-,28-/m0/s1. The van der Waals surface area contributed by atoms with Gasteiger partial charge in [-0.25, -0.2) is 4.79 Å². The number of Topliss-reactive ketones (excluding diaryl/α,β-unsaturated/α-hetero) is 1. The van der Waals surface area contributed by atoms with E-state index in [1.807, 2.05) is 57.2 Å². The average Bonchev–Trinajstić information content (AvgIpc) is 3.12. The van der Waals surface area contributed by atoms with Crippen LogP contribution in [0.2, 0.25) is 5.04 Å². The minimum Gasteiger partial charge on any atom is -0.466 e. The fourth-order valence-corrected chi connectivity index (χ4v) is 10.3. The SMILES string of the molecule is CCOC(=O)CC(=O)C[C@@H]1OC(C)(C)N(C(=O)OC(C)(C)C)[C@H]1CO[Si](c1ccccc1)(c1ccccc1)C(C)(C)C. The van der Waals surface area contributed by atoms with Crippen molar-refractivity contribution in [3.63, 3.8) is 0 Å². The molecule has 2 atom stereocenters. The number of carbonyl (C=O) groups excluding carboxylic acids is 3. The average molecular weight is 598 g/mol. The van der Waals surface area contributed by atoms with Gasteiger partial charge in [-0.1, -0.05) is 81.4 Å². The number of hydrogen-bond donors (Lipinski definition) is 0. The molecule has 0 spiro atoms. The normalized spacial score (nSPS) is 18.9. The quantitative estimate of drug-likeness (QED) is 0.211. The highest BCUT2D eigenvalue weighted by molar-refractivity contribution is 6.99. The van der Waals surface area contributed by atoms with E-state index >= 15 is 0 Å². The molecule has 230 valence electrons. The largest absolute Gasteiger partial charge is 0.466 e. The number of hydrogen-bond acceptors (Lipinski definition) is 7. The Morgan fingerprint density at radius 3 is 1.88 bits per heavy atom. The van der Waals surface area contributed by atoms with Gasteiger partial charge in [0.1, 0.15) is 23.5 Å². The lowest BCUT2D eigenvalue weighted by Gasteiger charge is -2.44. The van der Waals surface area contributed by atoms with E-state index in [0.29, 0.717) is 0 Å². The highest BCUT2D eigenvalue weighted by Crippen LogP contribution is 2.40. The van der Waals surface area contributed by atoms with Gasteiger partial charge in [0.05, 0.1) is 25.4 Å². The highest BCUT2D eigenvalue weighted by atomic mass is 28.4. The van der Waals surface area contributed by atoms with Crippen LogP contribution in [-0.4, -0.2) is 67.7 Å². The molecule has 0 saturated carbocycles. The van der Waals surface area contributed by atoms with Gasteiger partial charge in [0, 0.05) is 6.42 Å². The van der Waals surface area contributed by atoms with Gasteiger partial charge in [-0.05, 0) is 57.0 Å². The molecular weight excluding hydrogens is 550 g/mol. The van der Waals surface area contributed by atoms with Gasteiger partial charge < -0.3 is 18.6 Å². The molecule has 0 aliphatic carbocycles. The molecule has 2 aromatic rings. The molecule has 1 aliphatic heterocycles. The Bertz CT molecular complexity index is 1180. The molecule has 0 unspecified atom stereocenters.